The van der Waals surface area contributed by atoms with Crippen LogP contribution in [-0.2, 0) is 6.54 Å². The molecule has 0 spiro atoms. The number of amides is 1. The van der Waals surface area contributed by atoms with Crippen molar-refractivity contribution in [3.05, 3.63) is 88.9 Å². The van der Waals surface area contributed by atoms with E-state index in [2.05, 4.69) is 21.2 Å². The zero-order valence-corrected chi connectivity index (χ0v) is 21.0. The zero-order valence-electron chi connectivity index (χ0n) is 21.0. The van der Waals surface area contributed by atoms with Crippen LogP contribution in [0, 0.1) is 32.0 Å². The lowest BCUT2D eigenvalue weighted by Gasteiger charge is -2.14. The summed E-state index contributed by atoms with van der Waals surface area (Å²) in [5.41, 5.74) is 3.64. The highest BCUT2D eigenvalue weighted by Gasteiger charge is 2.14. The fraction of sp³-hybridized carbons (Fsp3) is 0.250. The fourth-order valence-corrected chi connectivity index (χ4v) is 3.15. The minimum Gasteiger partial charge on any atom is -0.457 e. The first-order chi connectivity index (χ1) is 16.8. The highest BCUT2D eigenvalue weighted by molar-refractivity contribution is 5.96. The van der Waals surface area contributed by atoms with E-state index in [1.54, 1.807) is 56.6 Å². The van der Waals surface area contributed by atoms with E-state index in [1.807, 2.05) is 32.8 Å². The van der Waals surface area contributed by atoms with Gasteiger partial charge < -0.3 is 15.0 Å². The summed E-state index contributed by atoms with van der Waals surface area (Å²) >= 11 is 0. The van der Waals surface area contributed by atoms with Gasteiger partial charge >= 0.3 is 0 Å². The molecule has 0 aliphatic rings. The van der Waals surface area contributed by atoms with E-state index in [0.29, 0.717) is 45.2 Å². The molecule has 0 radical (unpaired) electrons. The van der Waals surface area contributed by atoms with Crippen LogP contribution in [-0.4, -0.2) is 34.9 Å². The van der Waals surface area contributed by atoms with Gasteiger partial charge in [0.05, 0.1) is 17.5 Å². The molecule has 0 unspecified atom stereocenters. The molecule has 0 aliphatic carbocycles. The number of nitrogens with zero attached hydrogens (tertiary/aromatic N) is 3. The molecule has 1 amide bonds. The second-order valence-corrected chi connectivity index (χ2v) is 7.64. The number of allylic oxidation sites excluding steroid dienone is 1. The molecule has 3 aromatic rings. The third-order valence-corrected chi connectivity index (χ3v) is 4.90. The molecule has 7 heteroatoms. The number of terminal acetylenes is 1. The number of rotatable bonds is 7. The number of ether oxygens (including phenoxy) is 1. The average Bonchev–Trinajstić information content (AvgIpc) is 2.85. The molecule has 2 heterocycles. The van der Waals surface area contributed by atoms with Crippen LogP contribution in [0.2, 0.25) is 0 Å². The van der Waals surface area contributed by atoms with Crippen molar-refractivity contribution in [3.63, 3.8) is 0 Å². The summed E-state index contributed by atoms with van der Waals surface area (Å²) in [5, 5.41) is 2.82. The Labute approximate surface area is 206 Å². The topological polar surface area (TPSA) is 67.3 Å². The van der Waals surface area contributed by atoms with Crippen molar-refractivity contribution in [3.8, 4) is 23.8 Å². The van der Waals surface area contributed by atoms with Crippen molar-refractivity contribution < 1.29 is 13.9 Å². The minimum absolute atomic E-state index is 0.167. The summed E-state index contributed by atoms with van der Waals surface area (Å²) in [5.74, 6) is 2.97. The van der Waals surface area contributed by atoms with Gasteiger partial charge in [-0.1, -0.05) is 25.8 Å². The van der Waals surface area contributed by atoms with Crippen LogP contribution in [0.4, 0.5) is 4.39 Å². The predicted octanol–water partition coefficient (Wildman–Crippen LogP) is 5.52. The smallest absolute Gasteiger partial charge is 0.251 e. The Balaban J connectivity index is 0.00000210. The number of hydrogen-bond acceptors (Lipinski definition) is 5. The summed E-state index contributed by atoms with van der Waals surface area (Å²) < 4.78 is 19.5. The third kappa shape index (κ3) is 7.41. The lowest BCUT2D eigenvalue weighted by atomic mass is 10.1. The zero-order chi connectivity index (χ0) is 26.0. The summed E-state index contributed by atoms with van der Waals surface area (Å²) in [4.78, 5) is 23.0. The first-order valence-electron chi connectivity index (χ1n) is 11.3. The predicted molar refractivity (Wildman–Crippen MR) is 137 cm³/mol. The molecule has 0 atom stereocenters. The Morgan fingerprint density at radius 3 is 2.63 bits per heavy atom. The molecule has 0 aliphatic heterocycles. The second kappa shape index (κ2) is 12.9. The maximum Gasteiger partial charge on any atom is 0.251 e. The molecular formula is C28H31FN4O2. The van der Waals surface area contributed by atoms with E-state index in [1.165, 1.54) is 6.07 Å². The van der Waals surface area contributed by atoms with Crippen LogP contribution in [0.1, 0.15) is 46.7 Å². The molecular weight excluding hydrogens is 443 g/mol. The summed E-state index contributed by atoms with van der Waals surface area (Å²) in [6.07, 6.45) is 10.2. The summed E-state index contributed by atoms with van der Waals surface area (Å²) in [7, 11) is 3.76. The molecule has 0 saturated heterocycles. The van der Waals surface area contributed by atoms with Crippen LogP contribution in [0.5, 0.6) is 11.5 Å². The number of pyridine rings is 2. The minimum atomic E-state index is -0.443. The van der Waals surface area contributed by atoms with Gasteiger partial charge in [-0.15, -0.1) is 6.42 Å². The molecule has 6 nitrogen and oxygen atoms in total. The van der Waals surface area contributed by atoms with Gasteiger partial charge in [-0.3, -0.25) is 14.8 Å². The van der Waals surface area contributed by atoms with Crippen molar-refractivity contribution in [1.82, 2.24) is 20.2 Å². The third-order valence-electron chi connectivity index (χ3n) is 4.90. The molecule has 2 aromatic heterocycles. The molecule has 1 aromatic carbocycles. The number of aryl methyl sites for hydroxylation is 1. The normalized spacial score (nSPS) is 10.5. The standard InChI is InChI=1S/C26H25FN4O2.C2H6/c1-6-19(16-31(4)5)24-13-22(10-11-28-24)33-25-9-7-8-23(17(25)2)26(32)30-14-20-12-21(27)15-29-18(20)3;1-2/h1,7-13,15-16H,14H2,2-5H3,(H,30,32);1-2H3/b19-16+;. The average molecular weight is 475 g/mol. The van der Waals surface area contributed by atoms with Gasteiger partial charge in [0.1, 0.15) is 17.3 Å². The second-order valence-electron chi connectivity index (χ2n) is 7.64. The van der Waals surface area contributed by atoms with E-state index >= 15 is 0 Å². The van der Waals surface area contributed by atoms with Gasteiger partial charge in [0.25, 0.3) is 5.91 Å². The van der Waals surface area contributed by atoms with Crippen molar-refractivity contribution >= 4 is 11.5 Å². The Morgan fingerprint density at radius 1 is 1.20 bits per heavy atom. The van der Waals surface area contributed by atoms with Gasteiger partial charge in [-0.05, 0) is 43.7 Å². The number of nitrogens with one attached hydrogen (secondary N) is 1. The Bertz CT molecular complexity index is 1250. The van der Waals surface area contributed by atoms with E-state index < -0.39 is 5.82 Å². The number of carbonyl (C=O) groups is 1. The van der Waals surface area contributed by atoms with E-state index in [4.69, 9.17) is 11.2 Å². The molecule has 182 valence electrons. The monoisotopic (exact) mass is 474 g/mol. The number of halogens is 1. The Kier molecular flexibility index (Phi) is 9.98. The van der Waals surface area contributed by atoms with Crippen LogP contribution in [0.25, 0.3) is 5.57 Å². The van der Waals surface area contributed by atoms with Crippen LogP contribution in [0.15, 0.2) is 55.0 Å². The highest BCUT2D eigenvalue weighted by Crippen LogP contribution is 2.28. The van der Waals surface area contributed by atoms with Crippen molar-refractivity contribution in [2.24, 2.45) is 0 Å². The number of benzene rings is 1. The summed E-state index contributed by atoms with van der Waals surface area (Å²) in [6.45, 7) is 7.74. The molecule has 0 bridgehead atoms. The van der Waals surface area contributed by atoms with Gasteiger partial charge in [0.15, 0.2) is 0 Å². The van der Waals surface area contributed by atoms with Crippen LogP contribution < -0.4 is 10.1 Å². The number of hydrogen-bond donors (Lipinski definition) is 1. The van der Waals surface area contributed by atoms with Crippen LogP contribution >= 0.6 is 0 Å². The van der Waals surface area contributed by atoms with Crippen LogP contribution in [0.3, 0.4) is 0 Å². The summed E-state index contributed by atoms with van der Waals surface area (Å²) in [6, 6.07) is 10.1. The van der Waals surface area contributed by atoms with E-state index in [-0.39, 0.29) is 12.5 Å². The number of carbonyl (C=O) groups excluding carboxylic acids is 1. The molecule has 3 rings (SSSR count). The largest absolute Gasteiger partial charge is 0.457 e. The van der Waals surface area contributed by atoms with E-state index in [9.17, 15) is 9.18 Å². The Morgan fingerprint density at radius 2 is 1.94 bits per heavy atom. The molecule has 0 saturated carbocycles. The lowest BCUT2D eigenvalue weighted by molar-refractivity contribution is 0.0950. The van der Waals surface area contributed by atoms with Gasteiger partial charge in [0.2, 0.25) is 0 Å². The maximum absolute atomic E-state index is 13.5. The van der Waals surface area contributed by atoms with Crippen molar-refractivity contribution in [2.45, 2.75) is 34.2 Å². The first kappa shape index (κ1) is 27.1. The number of aromatic nitrogens is 2. The highest BCUT2D eigenvalue weighted by atomic mass is 19.1. The SMILES string of the molecule is C#C/C(=C\N(C)C)c1cc(Oc2cccc(C(=O)NCc3cc(F)cnc3C)c2C)ccn1.CC. The van der Waals surface area contributed by atoms with Gasteiger partial charge in [-0.2, -0.15) is 0 Å². The molecule has 35 heavy (non-hydrogen) atoms. The van der Waals surface area contributed by atoms with Gasteiger partial charge in [-0.25, -0.2) is 4.39 Å². The first-order valence-corrected chi connectivity index (χ1v) is 11.3. The van der Waals surface area contributed by atoms with Crippen molar-refractivity contribution in [1.29, 1.82) is 0 Å². The Hall–Kier alpha value is -4.18. The quantitative estimate of drug-likeness (QED) is 0.457. The fourth-order valence-electron chi connectivity index (χ4n) is 3.15. The molecule has 1 N–H and O–H groups in total. The van der Waals surface area contributed by atoms with Crippen molar-refractivity contribution in [2.75, 3.05) is 14.1 Å². The lowest BCUT2D eigenvalue weighted by Crippen LogP contribution is -2.24. The maximum atomic E-state index is 13.5. The van der Waals surface area contributed by atoms with Gasteiger partial charge in [0, 0.05) is 55.9 Å². The van der Waals surface area contributed by atoms with E-state index in [0.717, 1.165) is 6.20 Å². The molecule has 0 fully saturated rings.